The molecule has 3 rings (SSSR count). The van der Waals surface area contributed by atoms with Crippen LogP contribution >= 0.6 is 11.6 Å². The monoisotopic (exact) mass is 401 g/mol. The summed E-state index contributed by atoms with van der Waals surface area (Å²) in [6, 6.07) is 8.95. The number of rotatable bonds is 5. The van der Waals surface area contributed by atoms with Crippen LogP contribution in [0.1, 0.15) is 16.7 Å². The van der Waals surface area contributed by atoms with Crippen LogP contribution in [0.2, 0.25) is 5.02 Å². The Labute approximate surface area is 168 Å². The minimum atomic E-state index is -0.638. The van der Waals surface area contributed by atoms with E-state index in [0.717, 1.165) is 11.1 Å². The molecule has 0 fully saturated rings. The van der Waals surface area contributed by atoms with E-state index in [2.05, 4.69) is 5.32 Å². The normalized spacial score (nSPS) is 12.7. The molecule has 1 amide bonds. The number of anilines is 1. The third kappa shape index (κ3) is 5.04. The van der Waals surface area contributed by atoms with Crippen LogP contribution in [0.25, 0.3) is 6.08 Å². The maximum absolute atomic E-state index is 11.9. The van der Waals surface area contributed by atoms with Crippen molar-refractivity contribution < 1.29 is 23.8 Å². The van der Waals surface area contributed by atoms with Crippen molar-refractivity contribution in [3.8, 4) is 11.5 Å². The standard InChI is InChI=1S/C21H20ClNO5/c1-13-3-5-16(9-14(13)2)23-19(24)12-28-20(25)6-4-15-10-17(22)21-18(11-15)26-7-8-27-21/h3-6,9-11H,7-8,12H2,1-2H3,(H,23,24). The number of nitrogens with one attached hydrogen (secondary N) is 1. The van der Waals surface area contributed by atoms with Gasteiger partial charge in [-0.15, -0.1) is 0 Å². The van der Waals surface area contributed by atoms with Gasteiger partial charge in [-0.25, -0.2) is 4.79 Å². The molecule has 0 radical (unpaired) electrons. The van der Waals surface area contributed by atoms with Gasteiger partial charge in [0, 0.05) is 11.8 Å². The molecular formula is C21H20ClNO5. The van der Waals surface area contributed by atoms with E-state index in [9.17, 15) is 9.59 Å². The van der Waals surface area contributed by atoms with Crippen molar-refractivity contribution in [2.75, 3.05) is 25.1 Å². The third-order valence-corrected chi connectivity index (χ3v) is 4.45. The third-order valence-electron chi connectivity index (χ3n) is 4.17. The lowest BCUT2D eigenvalue weighted by Gasteiger charge is -2.19. The molecule has 0 saturated heterocycles. The second kappa shape index (κ2) is 8.80. The first-order valence-electron chi connectivity index (χ1n) is 8.73. The molecule has 7 heteroatoms. The van der Waals surface area contributed by atoms with Gasteiger partial charge in [-0.1, -0.05) is 17.7 Å². The molecule has 0 unspecified atom stereocenters. The number of hydrogen-bond acceptors (Lipinski definition) is 5. The van der Waals surface area contributed by atoms with Crippen LogP contribution in [-0.4, -0.2) is 31.7 Å². The van der Waals surface area contributed by atoms with Gasteiger partial charge in [0.1, 0.15) is 13.2 Å². The molecule has 1 aliphatic rings. The summed E-state index contributed by atoms with van der Waals surface area (Å²) in [6.45, 7) is 4.45. The summed E-state index contributed by atoms with van der Waals surface area (Å²) >= 11 is 6.16. The van der Waals surface area contributed by atoms with E-state index in [1.54, 1.807) is 18.2 Å². The number of fused-ring (bicyclic) bond motifs is 1. The summed E-state index contributed by atoms with van der Waals surface area (Å²) in [5.41, 5.74) is 3.51. The summed E-state index contributed by atoms with van der Waals surface area (Å²) in [5.74, 6) is -0.0242. The van der Waals surface area contributed by atoms with Crippen molar-refractivity contribution in [2.45, 2.75) is 13.8 Å². The number of ether oxygens (including phenoxy) is 3. The predicted octanol–water partition coefficient (Wildman–Crippen LogP) is 3.92. The molecule has 146 valence electrons. The molecule has 1 heterocycles. The number of carbonyl (C=O) groups excluding carboxylic acids is 2. The molecule has 28 heavy (non-hydrogen) atoms. The molecule has 6 nitrogen and oxygen atoms in total. The van der Waals surface area contributed by atoms with Crippen molar-refractivity contribution in [3.63, 3.8) is 0 Å². The molecule has 2 aromatic rings. The molecular weight excluding hydrogens is 382 g/mol. The van der Waals surface area contributed by atoms with Crippen LogP contribution in [0.15, 0.2) is 36.4 Å². The molecule has 2 aromatic carbocycles. The van der Waals surface area contributed by atoms with E-state index in [1.165, 1.54) is 12.2 Å². The van der Waals surface area contributed by atoms with E-state index in [4.69, 9.17) is 25.8 Å². The van der Waals surface area contributed by atoms with Gasteiger partial charge in [0.2, 0.25) is 0 Å². The molecule has 0 aliphatic carbocycles. The Morgan fingerprint density at radius 1 is 1.14 bits per heavy atom. The van der Waals surface area contributed by atoms with Gasteiger partial charge >= 0.3 is 5.97 Å². The molecule has 0 spiro atoms. The van der Waals surface area contributed by atoms with Gasteiger partial charge in [0.05, 0.1) is 5.02 Å². The zero-order valence-corrected chi connectivity index (χ0v) is 16.3. The van der Waals surface area contributed by atoms with Gasteiger partial charge in [-0.05, 0) is 60.9 Å². The maximum atomic E-state index is 11.9. The number of benzene rings is 2. The average molecular weight is 402 g/mol. The number of carbonyl (C=O) groups is 2. The summed E-state index contributed by atoms with van der Waals surface area (Å²) < 4.78 is 15.9. The number of hydrogen-bond donors (Lipinski definition) is 1. The first-order chi connectivity index (χ1) is 13.4. The van der Waals surface area contributed by atoms with Crippen molar-refractivity contribution in [2.24, 2.45) is 0 Å². The number of aryl methyl sites for hydroxylation is 2. The lowest BCUT2D eigenvalue weighted by Crippen LogP contribution is -2.20. The zero-order chi connectivity index (χ0) is 20.1. The average Bonchev–Trinajstić information content (AvgIpc) is 2.68. The summed E-state index contributed by atoms with van der Waals surface area (Å²) in [6.07, 6.45) is 2.76. The van der Waals surface area contributed by atoms with Gasteiger partial charge in [-0.3, -0.25) is 4.79 Å². The Morgan fingerprint density at radius 3 is 2.71 bits per heavy atom. The molecule has 0 saturated carbocycles. The predicted molar refractivity (Wildman–Crippen MR) is 107 cm³/mol. The SMILES string of the molecule is Cc1ccc(NC(=O)COC(=O)C=Cc2cc(Cl)c3c(c2)OCCO3)cc1C. The fraction of sp³-hybridized carbons (Fsp3) is 0.238. The van der Waals surface area contributed by atoms with E-state index >= 15 is 0 Å². The summed E-state index contributed by atoms with van der Waals surface area (Å²) in [7, 11) is 0. The van der Waals surface area contributed by atoms with Gasteiger partial charge in [0.15, 0.2) is 18.1 Å². The highest BCUT2D eigenvalue weighted by atomic mass is 35.5. The second-order valence-corrected chi connectivity index (χ2v) is 6.72. The molecule has 0 bridgehead atoms. The van der Waals surface area contributed by atoms with E-state index in [0.29, 0.717) is 41.0 Å². The lowest BCUT2D eigenvalue weighted by molar-refractivity contribution is -0.142. The zero-order valence-electron chi connectivity index (χ0n) is 15.6. The van der Waals surface area contributed by atoms with E-state index in [-0.39, 0.29) is 6.61 Å². The van der Waals surface area contributed by atoms with Gasteiger partial charge in [0.25, 0.3) is 5.91 Å². The highest BCUT2D eigenvalue weighted by Crippen LogP contribution is 2.38. The Balaban J connectivity index is 1.53. The van der Waals surface area contributed by atoms with Crippen molar-refractivity contribution in [1.82, 2.24) is 0 Å². The lowest BCUT2D eigenvalue weighted by atomic mass is 10.1. The molecule has 0 aromatic heterocycles. The molecule has 1 aliphatic heterocycles. The smallest absolute Gasteiger partial charge is 0.331 e. The minimum absolute atomic E-state index is 0.377. The van der Waals surface area contributed by atoms with Crippen LogP contribution in [0.3, 0.4) is 0 Å². The number of amides is 1. The van der Waals surface area contributed by atoms with Crippen LogP contribution in [0, 0.1) is 13.8 Å². The first kappa shape index (κ1) is 19.8. The largest absolute Gasteiger partial charge is 0.486 e. The fourth-order valence-corrected chi connectivity index (χ4v) is 2.87. The molecule has 1 N–H and O–H groups in total. The van der Waals surface area contributed by atoms with Gasteiger partial charge in [-0.2, -0.15) is 0 Å². The number of halogens is 1. The highest BCUT2D eigenvalue weighted by Gasteiger charge is 2.16. The van der Waals surface area contributed by atoms with Crippen LogP contribution in [0.5, 0.6) is 11.5 Å². The maximum Gasteiger partial charge on any atom is 0.331 e. The van der Waals surface area contributed by atoms with Crippen molar-refractivity contribution in [3.05, 3.63) is 58.1 Å². The minimum Gasteiger partial charge on any atom is -0.486 e. The topological polar surface area (TPSA) is 73.9 Å². The van der Waals surface area contributed by atoms with Crippen molar-refractivity contribution in [1.29, 1.82) is 0 Å². The van der Waals surface area contributed by atoms with Crippen LogP contribution in [-0.2, 0) is 14.3 Å². The van der Waals surface area contributed by atoms with Gasteiger partial charge < -0.3 is 19.5 Å². The van der Waals surface area contributed by atoms with Crippen molar-refractivity contribution >= 4 is 35.2 Å². The Bertz CT molecular complexity index is 939. The fourth-order valence-electron chi connectivity index (χ4n) is 2.59. The Kier molecular flexibility index (Phi) is 6.21. The van der Waals surface area contributed by atoms with Crippen LogP contribution in [0.4, 0.5) is 5.69 Å². The second-order valence-electron chi connectivity index (χ2n) is 6.32. The Morgan fingerprint density at radius 2 is 1.93 bits per heavy atom. The van der Waals surface area contributed by atoms with Crippen LogP contribution < -0.4 is 14.8 Å². The first-order valence-corrected chi connectivity index (χ1v) is 9.11. The highest BCUT2D eigenvalue weighted by molar-refractivity contribution is 6.32. The summed E-state index contributed by atoms with van der Waals surface area (Å²) in [4.78, 5) is 23.8. The summed E-state index contributed by atoms with van der Waals surface area (Å²) in [5, 5.41) is 3.09. The Hall–Kier alpha value is -2.99. The quantitative estimate of drug-likeness (QED) is 0.607. The molecule has 0 atom stereocenters. The number of esters is 1. The van der Waals surface area contributed by atoms with E-state index in [1.807, 2.05) is 26.0 Å². The van der Waals surface area contributed by atoms with E-state index < -0.39 is 11.9 Å².